The summed E-state index contributed by atoms with van der Waals surface area (Å²) < 4.78 is 78.7. The number of rotatable bonds is 4. The maximum atomic E-state index is 13.4. The molecule has 2 aromatic rings. The Bertz CT molecular complexity index is 835. The van der Waals surface area contributed by atoms with Crippen LogP contribution in [0.25, 0.3) is 11.3 Å². The molecule has 2 nitrogen and oxygen atoms in total. The number of halogens is 6. The van der Waals surface area contributed by atoms with Crippen LogP contribution in [0.3, 0.4) is 0 Å². The standard InChI is InChI=1S/C20H20F6N2/c1-18(9-2-3-10-18)27-12-14-5-4-6-17(28-14)15-8-7-13(19(21,22)23)11-16(15)20(24,25)26/h4-8,11,27H,2-3,9-10,12H2,1H3. The van der Waals surface area contributed by atoms with Gasteiger partial charge in [-0.1, -0.05) is 25.0 Å². The first kappa shape index (κ1) is 20.6. The van der Waals surface area contributed by atoms with Gasteiger partial charge in [0.2, 0.25) is 0 Å². The molecule has 0 saturated heterocycles. The zero-order chi connectivity index (χ0) is 20.6. The van der Waals surface area contributed by atoms with Crippen LogP contribution in [0.5, 0.6) is 0 Å². The smallest absolute Gasteiger partial charge is 0.306 e. The Morgan fingerprint density at radius 1 is 0.964 bits per heavy atom. The fourth-order valence-electron chi connectivity index (χ4n) is 3.54. The van der Waals surface area contributed by atoms with Crippen molar-refractivity contribution in [1.82, 2.24) is 10.3 Å². The predicted octanol–water partition coefficient (Wildman–Crippen LogP) is 6.21. The molecule has 1 heterocycles. The molecule has 1 fully saturated rings. The van der Waals surface area contributed by atoms with Crippen LogP contribution in [-0.4, -0.2) is 10.5 Å². The van der Waals surface area contributed by atoms with E-state index in [2.05, 4.69) is 17.2 Å². The van der Waals surface area contributed by atoms with E-state index in [1.807, 2.05) is 0 Å². The van der Waals surface area contributed by atoms with Gasteiger partial charge in [-0.3, -0.25) is 4.98 Å². The average molecular weight is 402 g/mol. The SMILES string of the molecule is CC1(NCc2cccc(-c3ccc(C(F)(F)F)cc3C(F)(F)F)n2)CCCC1. The van der Waals surface area contributed by atoms with Gasteiger partial charge in [0.05, 0.1) is 22.5 Å². The zero-order valence-corrected chi connectivity index (χ0v) is 15.2. The molecule has 1 N–H and O–H groups in total. The molecule has 8 heteroatoms. The molecule has 1 aromatic carbocycles. The van der Waals surface area contributed by atoms with Crippen LogP contribution in [0.2, 0.25) is 0 Å². The van der Waals surface area contributed by atoms with Crippen LogP contribution < -0.4 is 5.32 Å². The van der Waals surface area contributed by atoms with E-state index < -0.39 is 23.5 Å². The fourth-order valence-corrected chi connectivity index (χ4v) is 3.54. The first-order chi connectivity index (χ1) is 13.0. The Labute approximate surface area is 159 Å². The Morgan fingerprint density at radius 3 is 2.25 bits per heavy atom. The van der Waals surface area contributed by atoms with Crippen molar-refractivity contribution in [2.45, 2.75) is 57.0 Å². The van der Waals surface area contributed by atoms with Crippen molar-refractivity contribution >= 4 is 0 Å². The van der Waals surface area contributed by atoms with E-state index in [9.17, 15) is 26.3 Å². The second-order valence-corrected chi connectivity index (χ2v) is 7.39. The summed E-state index contributed by atoms with van der Waals surface area (Å²) in [4.78, 5) is 4.26. The van der Waals surface area contributed by atoms with E-state index in [4.69, 9.17) is 0 Å². The monoisotopic (exact) mass is 402 g/mol. The highest BCUT2D eigenvalue weighted by Crippen LogP contribution is 2.40. The fraction of sp³-hybridized carbons (Fsp3) is 0.450. The first-order valence-electron chi connectivity index (χ1n) is 8.98. The van der Waals surface area contributed by atoms with Crippen molar-refractivity contribution in [3.8, 4) is 11.3 Å². The van der Waals surface area contributed by atoms with E-state index >= 15 is 0 Å². The van der Waals surface area contributed by atoms with Crippen molar-refractivity contribution in [2.75, 3.05) is 0 Å². The van der Waals surface area contributed by atoms with E-state index in [0.29, 0.717) is 18.3 Å². The van der Waals surface area contributed by atoms with Gasteiger partial charge in [0.15, 0.2) is 0 Å². The molecule has 0 atom stereocenters. The van der Waals surface area contributed by atoms with Gasteiger partial charge < -0.3 is 5.32 Å². The highest BCUT2D eigenvalue weighted by atomic mass is 19.4. The third-order valence-corrected chi connectivity index (χ3v) is 5.14. The minimum absolute atomic E-state index is 0.00285. The number of hydrogen-bond donors (Lipinski definition) is 1. The lowest BCUT2D eigenvalue weighted by Gasteiger charge is -2.25. The van der Waals surface area contributed by atoms with Crippen LogP contribution >= 0.6 is 0 Å². The first-order valence-corrected chi connectivity index (χ1v) is 8.98. The molecule has 1 saturated carbocycles. The van der Waals surface area contributed by atoms with Crippen molar-refractivity contribution in [2.24, 2.45) is 0 Å². The lowest BCUT2D eigenvalue weighted by atomic mass is 9.99. The maximum Gasteiger partial charge on any atom is 0.417 e. The third-order valence-electron chi connectivity index (χ3n) is 5.14. The molecule has 0 bridgehead atoms. The Hall–Kier alpha value is -2.09. The predicted molar refractivity (Wildman–Crippen MR) is 93.4 cm³/mol. The van der Waals surface area contributed by atoms with Gasteiger partial charge in [0, 0.05) is 17.6 Å². The van der Waals surface area contributed by atoms with Crippen LogP contribution in [0, 0.1) is 0 Å². The van der Waals surface area contributed by atoms with E-state index in [0.717, 1.165) is 31.7 Å². The molecule has 0 spiro atoms. The maximum absolute atomic E-state index is 13.4. The second-order valence-electron chi connectivity index (χ2n) is 7.39. The molecule has 152 valence electrons. The van der Waals surface area contributed by atoms with Crippen molar-refractivity contribution in [1.29, 1.82) is 0 Å². The Kier molecular flexibility index (Phi) is 5.44. The summed E-state index contributed by atoms with van der Waals surface area (Å²) in [5.74, 6) is 0. The summed E-state index contributed by atoms with van der Waals surface area (Å²) in [6.45, 7) is 2.48. The molecule has 1 aliphatic rings. The van der Waals surface area contributed by atoms with Gasteiger partial charge in [0.25, 0.3) is 0 Å². The lowest BCUT2D eigenvalue weighted by Crippen LogP contribution is -2.38. The minimum Gasteiger partial charge on any atom is -0.306 e. The van der Waals surface area contributed by atoms with Crippen LogP contribution in [0.1, 0.15) is 49.4 Å². The molecule has 1 aliphatic carbocycles. The number of pyridine rings is 1. The molecule has 0 amide bonds. The normalized spacial score (nSPS) is 17.1. The number of alkyl halides is 6. The lowest BCUT2D eigenvalue weighted by molar-refractivity contribution is -0.142. The van der Waals surface area contributed by atoms with Gasteiger partial charge in [-0.05, 0) is 44.0 Å². The van der Waals surface area contributed by atoms with Gasteiger partial charge in [0.1, 0.15) is 0 Å². The van der Waals surface area contributed by atoms with Crippen molar-refractivity contribution < 1.29 is 26.3 Å². The molecule has 3 rings (SSSR count). The van der Waals surface area contributed by atoms with Crippen molar-refractivity contribution in [3.05, 3.63) is 53.2 Å². The summed E-state index contributed by atoms with van der Waals surface area (Å²) in [6, 6.07) is 6.25. The molecule has 0 aliphatic heterocycles. The second kappa shape index (κ2) is 7.39. The molecular weight excluding hydrogens is 382 g/mol. The minimum atomic E-state index is -4.93. The Balaban J connectivity index is 1.92. The van der Waals surface area contributed by atoms with E-state index in [1.54, 1.807) is 12.1 Å². The zero-order valence-electron chi connectivity index (χ0n) is 15.2. The van der Waals surface area contributed by atoms with Gasteiger partial charge in [-0.15, -0.1) is 0 Å². The molecule has 0 unspecified atom stereocenters. The topological polar surface area (TPSA) is 24.9 Å². The number of nitrogens with one attached hydrogen (secondary N) is 1. The third kappa shape index (κ3) is 4.66. The van der Waals surface area contributed by atoms with Gasteiger partial charge in [-0.2, -0.15) is 26.3 Å². The number of aromatic nitrogens is 1. The largest absolute Gasteiger partial charge is 0.417 e. The van der Waals surface area contributed by atoms with Crippen LogP contribution in [0.15, 0.2) is 36.4 Å². The van der Waals surface area contributed by atoms with Crippen molar-refractivity contribution in [3.63, 3.8) is 0 Å². The number of benzene rings is 1. The van der Waals surface area contributed by atoms with E-state index in [-0.39, 0.29) is 22.9 Å². The summed E-state index contributed by atoms with van der Waals surface area (Å²) in [5, 5.41) is 3.39. The molecular formula is C20H20F6N2. The summed E-state index contributed by atoms with van der Waals surface area (Å²) >= 11 is 0. The quantitative estimate of drug-likeness (QED) is 0.615. The molecule has 28 heavy (non-hydrogen) atoms. The molecule has 0 radical (unpaired) electrons. The molecule has 1 aromatic heterocycles. The van der Waals surface area contributed by atoms with E-state index in [1.165, 1.54) is 6.07 Å². The van der Waals surface area contributed by atoms with Gasteiger partial charge in [-0.25, -0.2) is 0 Å². The summed E-state index contributed by atoms with van der Waals surface area (Å²) in [6.07, 6.45) is -5.50. The van der Waals surface area contributed by atoms with Crippen LogP contribution in [0.4, 0.5) is 26.3 Å². The number of nitrogens with zero attached hydrogens (tertiary/aromatic N) is 1. The Morgan fingerprint density at radius 2 is 1.64 bits per heavy atom. The van der Waals surface area contributed by atoms with Crippen LogP contribution in [-0.2, 0) is 18.9 Å². The summed E-state index contributed by atoms with van der Waals surface area (Å²) in [7, 11) is 0. The highest BCUT2D eigenvalue weighted by molar-refractivity contribution is 5.65. The highest BCUT2D eigenvalue weighted by Gasteiger charge is 2.38. The van der Waals surface area contributed by atoms with Gasteiger partial charge >= 0.3 is 12.4 Å². The summed E-state index contributed by atoms with van der Waals surface area (Å²) in [5.41, 5.74) is -2.54. The number of hydrogen-bond acceptors (Lipinski definition) is 2. The average Bonchev–Trinajstić information content (AvgIpc) is 3.05.